The molecule has 5 heteroatoms. The van der Waals surface area contributed by atoms with Gasteiger partial charge in [0.2, 0.25) is 5.91 Å². The Morgan fingerprint density at radius 3 is 3.06 bits per heavy atom. The maximum Gasteiger partial charge on any atom is 0.229 e. The van der Waals surface area contributed by atoms with Crippen LogP contribution in [0.15, 0.2) is 12.3 Å². The number of hydrogen-bond acceptors (Lipinski definition) is 3. The van der Waals surface area contributed by atoms with Crippen LogP contribution in [-0.2, 0) is 11.8 Å². The summed E-state index contributed by atoms with van der Waals surface area (Å²) >= 11 is 0. The van der Waals surface area contributed by atoms with Gasteiger partial charge in [0.25, 0.3) is 0 Å². The molecule has 0 aliphatic carbocycles. The number of hydrogen-bond donors (Lipinski definition) is 2. The van der Waals surface area contributed by atoms with Crippen LogP contribution in [0.1, 0.15) is 13.3 Å². The third-order valence-corrected chi connectivity index (χ3v) is 3.01. The number of piperidine rings is 1. The predicted molar refractivity (Wildman–Crippen MR) is 62.0 cm³/mol. The number of aryl methyl sites for hydroxylation is 1. The maximum absolute atomic E-state index is 12.0. The minimum Gasteiger partial charge on any atom is -0.316 e. The molecule has 16 heavy (non-hydrogen) atoms. The van der Waals surface area contributed by atoms with E-state index >= 15 is 0 Å². The number of amides is 1. The summed E-state index contributed by atoms with van der Waals surface area (Å²) in [5, 5.41) is 10.2. The number of anilines is 1. The standard InChI is InChI=1S/C11H18N4O/c1-8-5-9(7-12-6-8)11(16)14-10-3-4-13-15(10)2/h3-4,8-9,12H,5-7H2,1-2H3,(H,14,16). The second-order valence-corrected chi connectivity index (χ2v) is 4.53. The Balaban J connectivity index is 1.95. The molecule has 2 rings (SSSR count). The summed E-state index contributed by atoms with van der Waals surface area (Å²) in [5.74, 6) is 1.47. The van der Waals surface area contributed by atoms with Gasteiger partial charge in [-0.1, -0.05) is 6.92 Å². The topological polar surface area (TPSA) is 59.0 Å². The molecule has 2 atom stereocenters. The van der Waals surface area contributed by atoms with E-state index in [1.165, 1.54) is 0 Å². The molecule has 1 fully saturated rings. The van der Waals surface area contributed by atoms with Gasteiger partial charge in [0.1, 0.15) is 5.82 Å². The SMILES string of the molecule is CC1CNCC(C(=O)Nc2ccnn2C)C1. The van der Waals surface area contributed by atoms with Crippen molar-refractivity contribution in [3.63, 3.8) is 0 Å². The predicted octanol–water partition coefficient (Wildman–Crippen LogP) is 0.604. The first kappa shape index (κ1) is 11.1. The molecular weight excluding hydrogens is 204 g/mol. The third-order valence-electron chi connectivity index (χ3n) is 3.01. The van der Waals surface area contributed by atoms with E-state index in [9.17, 15) is 4.79 Å². The molecule has 0 spiro atoms. The number of carbonyl (C=O) groups is 1. The van der Waals surface area contributed by atoms with Crippen LogP contribution < -0.4 is 10.6 Å². The van der Waals surface area contributed by atoms with Crippen LogP contribution >= 0.6 is 0 Å². The van der Waals surface area contributed by atoms with Crippen LogP contribution in [0.3, 0.4) is 0 Å². The van der Waals surface area contributed by atoms with Gasteiger partial charge in [0.05, 0.1) is 12.1 Å². The normalized spacial score (nSPS) is 25.4. The number of nitrogens with zero attached hydrogens (tertiary/aromatic N) is 2. The summed E-state index contributed by atoms with van der Waals surface area (Å²) < 4.78 is 1.66. The third kappa shape index (κ3) is 2.41. The molecule has 0 radical (unpaired) electrons. The van der Waals surface area contributed by atoms with Crippen molar-refractivity contribution in [1.82, 2.24) is 15.1 Å². The zero-order valence-electron chi connectivity index (χ0n) is 9.73. The van der Waals surface area contributed by atoms with Crippen LogP contribution in [0, 0.1) is 11.8 Å². The molecule has 2 heterocycles. The Labute approximate surface area is 95.2 Å². The molecule has 2 N–H and O–H groups in total. The molecule has 1 amide bonds. The first-order chi connectivity index (χ1) is 7.66. The lowest BCUT2D eigenvalue weighted by Gasteiger charge is -2.26. The molecular formula is C11H18N4O. The van der Waals surface area contributed by atoms with Gasteiger partial charge >= 0.3 is 0 Å². The molecule has 0 bridgehead atoms. The first-order valence-electron chi connectivity index (χ1n) is 5.66. The zero-order valence-corrected chi connectivity index (χ0v) is 9.73. The van der Waals surface area contributed by atoms with Crippen LogP contribution in [0.2, 0.25) is 0 Å². The second kappa shape index (κ2) is 4.65. The highest BCUT2D eigenvalue weighted by Gasteiger charge is 2.25. The van der Waals surface area contributed by atoms with E-state index in [0.717, 1.165) is 25.3 Å². The second-order valence-electron chi connectivity index (χ2n) is 4.53. The fourth-order valence-corrected chi connectivity index (χ4v) is 2.08. The van der Waals surface area contributed by atoms with Gasteiger partial charge in [0.15, 0.2) is 0 Å². The van der Waals surface area contributed by atoms with Crippen molar-refractivity contribution < 1.29 is 4.79 Å². The Bertz CT molecular complexity index is 374. The van der Waals surface area contributed by atoms with Crippen molar-refractivity contribution in [3.05, 3.63) is 12.3 Å². The summed E-state index contributed by atoms with van der Waals surface area (Å²) in [6, 6.07) is 1.80. The van der Waals surface area contributed by atoms with Gasteiger partial charge in [-0.25, -0.2) is 0 Å². The highest BCUT2D eigenvalue weighted by molar-refractivity contribution is 5.91. The highest BCUT2D eigenvalue weighted by Crippen LogP contribution is 2.17. The van der Waals surface area contributed by atoms with Crippen LogP contribution in [-0.4, -0.2) is 28.8 Å². The van der Waals surface area contributed by atoms with E-state index in [4.69, 9.17) is 0 Å². The van der Waals surface area contributed by atoms with E-state index in [-0.39, 0.29) is 11.8 Å². The Kier molecular flexibility index (Phi) is 3.24. The van der Waals surface area contributed by atoms with Gasteiger partial charge in [-0.05, 0) is 18.9 Å². The summed E-state index contributed by atoms with van der Waals surface area (Å²) in [7, 11) is 1.82. The first-order valence-corrected chi connectivity index (χ1v) is 5.66. The number of rotatable bonds is 2. The van der Waals surface area contributed by atoms with Crippen molar-refractivity contribution in [2.24, 2.45) is 18.9 Å². The maximum atomic E-state index is 12.0. The fourth-order valence-electron chi connectivity index (χ4n) is 2.08. The van der Waals surface area contributed by atoms with E-state index in [2.05, 4.69) is 22.7 Å². The smallest absolute Gasteiger partial charge is 0.229 e. The fraction of sp³-hybridized carbons (Fsp3) is 0.636. The van der Waals surface area contributed by atoms with Gasteiger partial charge in [-0.2, -0.15) is 5.10 Å². The summed E-state index contributed by atoms with van der Waals surface area (Å²) in [5.41, 5.74) is 0. The van der Waals surface area contributed by atoms with Gasteiger partial charge < -0.3 is 10.6 Å². The summed E-state index contributed by atoms with van der Waals surface area (Å²) in [4.78, 5) is 12.0. The van der Waals surface area contributed by atoms with E-state index < -0.39 is 0 Å². The van der Waals surface area contributed by atoms with E-state index in [1.54, 1.807) is 16.9 Å². The van der Waals surface area contributed by atoms with Crippen molar-refractivity contribution >= 4 is 11.7 Å². The van der Waals surface area contributed by atoms with Crippen molar-refractivity contribution in [2.45, 2.75) is 13.3 Å². The lowest BCUT2D eigenvalue weighted by molar-refractivity contribution is -0.120. The Morgan fingerprint density at radius 1 is 1.62 bits per heavy atom. The van der Waals surface area contributed by atoms with Crippen molar-refractivity contribution in [1.29, 1.82) is 0 Å². The molecule has 1 aromatic rings. The number of aromatic nitrogens is 2. The molecule has 1 aliphatic heterocycles. The lowest BCUT2D eigenvalue weighted by atomic mass is 9.91. The Morgan fingerprint density at radius 2 is 2.44 bits per heavy atom. The monoisotopic (exact) mass is 222 g/mol. The highest BCUT2D eigenvalue weighted by atomic mass is 16.2. The van der Waals surface area contributed by atoms with Gasteiger partial charge in [-0.3, -0.25) is 9.48 Å². The largest absolute Gasteiger partial charge is 0.316 e. The Hall–Kier alpha value is -1.36. The molecule has 1 aliphatic rings. The number of carbonyl (C=O) groups excluding carboxylic acids is 1. The van der Waals surface area contributed by atoms with Crippen molar-refractivity contribution in [3.8, 4) is 0 Å². The van der Waals surface area contributed by atoms with Crippen molar-refractivity contribution in [2.75, 3.05) is 18.4 Å². The minimum atomic E-state index is 0.0682. The molecule has 1 aromatic heterocycles. The van der Waals surface area contributed by atoms with Crippen LogP contribution in [0.25, 0.3) is 0 Å². The lowest BCUT2D eigenvalue weighted by Crippen LogP contribution is -2.41. The average molecular weight is 222 g/mol. The molecule has 1 saturated heterocycles. The molecule has 5 nitrogen and oxygen atoms in total. The average Bonchev–Trinajstić information content (AvgIpc) is 2.64. The summed E-state index contributed by atoms with van der Waals surface area (Å²) in [6.45, 7) is 3.94. The molecule has 88 valence electrons. The number of nitrogens with one attached hydrogen (secondary N) is 2. The minimum absolute atomic E-state index is 0.0682. The molecule has 0 saturated carbocycles. The quantitative estimate of drug-likeness (QED) is 0.770. The molecule has 0 aromatic carbocycles. The van der Waals surface area contributed by atoms with Gasteiger partial charge in [-0.15, -0.1) is 0 Å². The van der Waals surface area contributed by atoms with E-state index in [0.29, 0.717) is 5.92 Å². The zero-order chi connectivity index (χ0) is 11.5. The molecule has 2 unspecified atom stereocenters. The van der Waals surface area contributed by atoms with Gasteiger partial charge in [0, 0.05) is 19.7 Å². The van der Waals surface area contributed by atoms with Crippen LogP contribution in [0.4, 0.5) is 5.82 Å². The van der Waals surface area contributed by atoms with E-state index in [1.807, 2.05) is 7.05 Å². The summed E-state index contributed by atoms with van der Waals surface area (Å²) in [6.07, 6.45) is 2.63. The van der Waals surface area contributed by atoms with Crippen LogP contribution in [0.5, 0.6) is 0 Å².